The normalized spacial score (nSPS) is 13.2. The number of aromatic nitrogens is 2. The first kappa shape index (κ1) is 46.4. The Bertz CT molecular complexity index is 2960. The van der Waals surface area contributed by atoms with Gasteiger partial charge in [-0.15, -0.1) is 53.6 Å². The van der Waals surface area contributed by atoms with Gasteiger partial charge in [0.15, 0.2) is 0 Å². The number of benzene rings is 6. The van der Waals surface area contributed by atoms with Crippen LogP contribution in [0.4, 0.5) is 22.7 Å². The molecule has 5 nitrogen and oxygen atoms in total. The van der Waals surface area contributed by atoms with Gasteiger partial charge < -0.3 is 26.5 Å². The van der Waals surface area contributed by atoms with E-state index in [1.54, 1.807) is 0 Å². The fraction of sp³-hybridized carbons (Fsp3) is 0.259. The molecule has 6 aromatic carbocycles. The SMILES string of the molecule is CC(C)(C)c1cc(Oc2[c-]c3c(cc2)c2ccccc2n3-c2cc(C(C)(C)C)ccn2)[c-]c(N2[CH-]N(c3cccc(C(C)(C)c4ccccc4)c3)c3cc(C(C)(C)C)ccc32)c1.[CH3-].[Pt+4]. The van der Waals surface area contributed by atoms with E-state index in [0.717, 1.165) is 55.9 Å². The van der Waals surface area contributed by atoms with Gasteiger partial charge in [-0.1, -0.05) is 148 Å². The Kier molecular flexibility index (Phi) is 12.4. The number of hydrogen-bond acceptors (Lipinski definition) is 4. The minimum absolute atomic E-state index is 0. The van der Waals surface area contributed by atoms with Gasteiger partial charge in [0.2, 0.25) is 0 Å². The van der Waals surface area contributed by atoms with Crippen molar-refractivity contribution in [1.82, 2.24) is 9.55 Å². The Morgan fingerprint density at radius 2 is 1.19 bits per heavy atom. The van der Waals surface area contributed by atoms with Crippen molar-refractivity contribution < 1.29 is 25.8 Å². The quantitative estimate of drug-likeness (QED) is 0.149. The first-order valence-electron chi connectivity index (χ1n) is 21.8. The van der Waals surface area contributed by atoms with Gasteiger partial charge in [0.25, 0.3) is 0 Å². The molecule has 0 fully saturated rings. The molecule has 0 saturated carbocycles. The predicted molar refractivity (Wildman–Crippen MR) is 265 cm³/mol. The molecule has 0 N–H and O–H groups in total. The van der Waals surface area contributed by atoms with E-state index in [1.807, 2.05) is 12.3 Å². The van der Waals surface area contributed by atoms with Crippen molar-refractivity contribution in [2.75, 3.05) is 9.80 Å². The molecule has 0 radical (unpaired) electrons. The van der Waals surface area contributed by atoms with Crippen molar-refractivity contribution in [3.05, 3.63) is 194 Å². The number of nitrogens with zero attached hydrogens (tertiary/aromatic N) is 4. The molecule has 3 heterocycles. The molecule has 328 valence electrons. The topological polar surface area (TPSA) is 33.5 Å². The van der Waals surface area contributed by atoms with E-state index in [1.165, 1.54) is 22.3 Å². The fourth-order valence-corrected chi connectivity index (χ4v) is 8.53. The van der Waals surface area contributed by atoms with Crippen LogP contribution >= 0.6 is 0 Å². The van der Waals surface area contributed by atoms with Crippen molar-refractivity contribution in [3.63, 3.8) is 0 Å². The summed E-state index contributed by atoms with van der Waals surface area (Å²) in [7, 11) is 0. The smallest absolute Gasteiger partial charge is 0.509 e. The number of rotatable bonds is 7. The van der Waals surface area contributed by atoms with Gasteiger partial charge in [0.05, 0.1) is 0 Å². The summed E-state index contributed by atoms with van der Waals surface area (Å²) in [5.41, 5.74) is 12.0. The zero-order valence-corrected chi connectivity index (χ0v) is 41.6. The summed E-state index contributed by atoms with van der Waals surface area (Å²) in [4.78, 5) is 9.47. The maximum Gasteiger partial charge on any atom is 4.00 e. The van der Waals surface area contributed by atoms with Crippen molar-refractivity contribution in [2.45, 2.75) is 97.8 Å². The van der Waals surface area contributed by atoms with Crippen LogP contribution in [0.3, 0.4) is 0 Å². The molecule has 0 unspecified atom stereocenters. The second-order valence-electron chi connectivity index (χ2n) is 20.4. The van der Waals surface area contributed by atoms with Crippen LogP contribution in [0.5, 0.6) is 11.5 Å². The van der Waals surface area contributed by atoms with E-state index >= 15 is 0 Å². The standard InChI is InChI=1S/C57H57N4O.CH3.Pt/c1-54(2,3)39-24-27-50-52(33-39)59(43-21-17-20-41(30-43)57(10,11)38-18-13-12-14-19-38)37-60(50)44-31-42(56(7,8)9)32-46(35-44)62-45-25-26-48-47-22-15-16-23-49(47)61(51(48)36-45)53-34-40(28-29-58-53)55(4,5)6;;/h12-34,37H,1-11H3;1H3;/q-3;-1;+4. The first-order valence-corrected chi connectivity index (χ1v) is 21.8. The van der Waals surface area contributed by atoms with Gasteiger partial charge in [-0.05, 0) is 86.3 Å². The maximum atomic E-state index is 6.85. The molecule has 0 saturated heterocycles. The van der Waals surface area contributed by atoms with Gasteiger partial charge in [-0.2, -0.15) is 6.07 Å². The van der Waals surface area contributed by atoms with E-state index in [0.29, 0.717) is 11.5 Å². The third-order valence-electron chi connectivity index (χ3n) is 12.5. The Balaban J connectivity index is 0.00000306. The van der Waals surface area contributed by atoms with Gasteiger partial charge in [-0.3, -0.25) is 0 Å². The summed E-state index contributed by atoms with van der Waals surface area (Å²) in [5, 5.41) is 2.24. The largest absolute Gasteiger partial charge is 4.00 e. The molecular weight excluding hydrogens is 964 g/mol. The fourth-order valence-electron chi connectivity index (χ4n) is 8.53. The van der Waals surface area contributed by atoms with Gasteiger partial charge in [-0.25, -0.2) is 4.98 Å². The third-order valence-corrected chi connectivity index (χ3v) is 12.5. The Labute approximate surface area is 396 Å². The molecule has 9 rings (SSSR count). The summed E-state index contributed by atoms with van der Waals surface area (Å²) in [6.07, 6.45) is 1.91. The van der Waals surface area contributed by atoms with Crippen LogP contribution in [0.2, 0.25) is 0 Å². The zero-order chi connectivity index (χ0) is 43.8. The first-order chi connectivity index (χ1) is 29.4. The van der Waals surface area contributed by atoms with E-state index in [4.69, 9.17) is 9.72 Å². The number of hydrogen-bond donors (Lipinski definition) is 0. The Hall–Kier alpha value is -5.64. The Morgan fingerprint density at radius 3 is 1.91 bits per heavy atom. The summed E-state index contributed by atoms with van der Waals surface area (Å²) >= 11 is 0. The van der Waals surface area contributed by atoms with Crippen LogP contribution in [0.15, 0.2) is 140 Å². The van der Waals surface area contributed by atoms with E-state index < -0.39 is 0 Å². The zero-order valence-electron chi connectivity index (χ0n) is 39.4. The summed E-state index contributed by atoms with van der Waals surface area (Å²) in [6.45, 7) is 27.1. The molecule has 6 heteroatoms. The third kappa shape index (κ3) is 8.64. The van der Waals surface area contributed by atoms with Crippen molar-refractivity contribution >= 4 is 44.6 Å². The number of pyridine rings is 1. The number of anilines is 4. The minimum Gasteiger partial charge on any atom is -0.509 e. The minimum atomic E-state index is -0.185. The van der Waals surface area contributed by atoms with Gasteiger partial charge in [0.1, 0.15) is 5.82 Å². The van der Waals surface area contributed by atoms with E-state index in [2.05, 4.69) is 237 Å². The molecule has 0 spiro atoms. The summed E-state index contributed by atoms with van der Waals surface area (Å²) in [5.74, 6) is 2.10. The average Bonchev–Trinajstić information content (AvgIpc) is 3.79. The van der Waals surface area contributed by atoms with Crippen LogP contribution < -0.4 is 14.5 Å². The van der Waals surface area contributed by atoms with Crippen LogP contribution in [0, 0.1) is 26.2 Å². The molecule has 1 aliphatic rings. The monoisotopic (exact) mass is 1020 g/mol. The van der Waals surface area contributed by atoms with Gasteiger partial charge >= 0.3 is 21.1 Å². The summed E-state index contributed by atoms with van der Waals surface area (Å²) in [6, 6.07) is 55.3. The second kappa shape index (κ2) is 17.1. The molecule has 0 atom stereocenters. The number of ether oxygens (including phenoxy) is 1. The van der Waals surface area contributed by atoms with Crippen molar-refractivity contribution in [2.24, 2.45) is 0 Å². The summed E-state index contributed by atoms with van der Waals surface area (Å²) < 4.78 is 9.06. The maximum absolute atomic E-state index is 6.85. The van der Waals surface area contributed by atoms with E-state index in [-0.39, 0.29) is 50.2 Å². The average molecular weight is 1020 g/mol. The van der Waals surface area contributed by atoms with Crippen molar-refractivity contribution in [1.29, 1.82) is 0 Å². The Morgan fingerprint density at radius 1 is 0.516 bits per heavy atom. The number of para-hydroxylation sites is 1. The number of fused-ring (bicyclic) bond motifs is 4. The van der Waals surface area contributed by atoms with Gasteiger partial charge in [0, 0.05) is 45.7 Å². The molecule has 64 heavy (non-hydrogen) atoms. The molecule has 1 aliphatic heterocycles. The van der Waals surface area contributed by atoms with Crippen LogP contribution in [0.25, 0.3) is 27.6 Å². The predicted octanol–water partition coefficient (Wildman–Crippen LogP) is 15.6. The molecule has 2 aromatic heterocycles. The van der Waals surface area contributed by atoms with E-state index in [9.17, 15) is 0 Å². The van der Waals surface area contributed by atoms with Crippen LogP contribution in [-0.2, 0) is 42.7 Å². The van der Waals surface area contributed by atoms with Crippen LogP contribution in [-0.4, -0.2) is 9.55 Å². The van der Waals surface area contributed by atoms with Crippen molar-refractivity contribution in [3.8, 4) is 17.3 Å². The second-order valence-corrected chi connectivity index (χ2v) is 20.4. The molecule has 8 aromatic rings. The molecule has 0 amide bonds. The molecular formula is C58H60N4OPt. The molecule has 0 aliphatic carbocycles. The van der Waals surface area contributed by atoms with Crippen LogP contribution in [0.1, 0.15) is 104 Å². The molecule has 0 bridgehead atoms.